The smallest absolute Gasteiger partial charge is 0.306 e. The number of aliphatic carboxylic acids is 1. The lowest BCUT2D eigenvalue weighted by molar-refractivity contribution is -0.142. The normalized spacial score (nSPS) is 14.7. The van der Waals surface area contributed by atoms with Crippen LogP contribution in [0, 0.1) is 23.2 Å². The van der Waals surface area contributed by atoms with E-state index >= 15 is 0 Å². The average molecular weight is 1770 g/mol. The Labute approximate surface area is 711 Å². The van der Waals surface area contributed by atoms with E-state index in [1.807, 2.05) is 85.8 Å². The summed E-state index contributed by atoms with van der Waals surface area (Å²) < 4.78 is 41.9. The number of nitrogens with two attached hydrogens (primary N) is 1. The van der Waals surface area contributed by atoms with Gasteiger partial charge in [0.2, 0.25) is 5.91 Å². The van der Waals surface area contributed by atoms with Crippen molar-refractivity contribution in [2.45, 2.75) is 277 Å². The summed E-state index contributed by atoms with van der Waals surface area (Å²) in [5, 5.41) is 20.3. The predicted octanol–water partition coefficient (Wildman–Crippen LogP) is 19.0. The molecular formula is C85H132BrN19O8Si5. The number of nitrogens with zero attached hydrogens (tertiary/aromatic N) is 17. The van der Waals surface area contributed by atoms with Crippen LogP contribution in [-0.2, 0) is 80.0 Å². The molecule has 0 radical (unpaired) electrons. The van der Waals surface area contributed by atoms with Crippen LogP contribution in [0.4, 0.5) is 0 Å². The first-order valence-electron chi connectivity index (χ1n) is 42.4. The van der Waals surface area contributed by atoms with Crippen LogP contribution in [0.25, 0.3) is 61.3 Å². The van der Waals surface area contributed by atoms with Gasteiger partial charge in [0.05, 0.1) is 72.1 Å². The van der Waals surface area contributed by atoms with Crippen molar-refractivity contribution in [2.24, 2.45) is 17.6 Å². The Balaban J connectivity index is 0.000000165. The Morgan fingerprint density at radius 2 is 0.814 bits per heavy atom. The van der Waals surface area contributed by atoms with Crippen LogP contribution >= 0.6 is 15.9 Å². The van der Waals surface area contributed by atoms with Gasteiger partial charge < -0.3 is 62.7 Å². The number of hydrogen-bond donors (Lipinski definition) is 3. The van der Waals surface area contributed by atoms with Gasteiger partial charge in [-0.25, -0.2) is 49.8 Å². The van der Waals surface area contributed by atoms with Crippen molar-refractivity contribution in [3.8, 4) is 6.07 Å². The maximum Gasteiger partial charge on any atom is 0.306 e. The first kappa shape index (κ1) is 94.2. The van der Waals surface area contributed by atoms with Gasteiger partial charge in [-0.2, -0.15) is 5.26 Å². The summed E-state index contributed by atoms with van der Waals surface area (Å²) in [6, 6.07) is 17.7. The van der Waals surface area contributed by atoms with Crippen LogP contribution in [0.15, 0.2) is 103 Å². The predicted molar refractivity (Wildman–Crippen MR) is 488 cm³/mol. The minimum absolute atomic E-state index is 0.0289. The molecule has 11 aromatic rings. The highest BCUT2D eigenvalue weighted by atomic mass is 79.9. The summed E-state index contributed by atoms with van der Waals surface area (Å²) >= 11 is 3.32. The molecule has 3 aliphatic carbocycles. The largest absolute Gasteiger partial charge is 0.481 e. The number of halogens is 1. The number of rotatable bonds is 31. The summed E-state index contributed by atoms with van der Waals surface area (Å²) in [6.07, 6.45) is 37.8. The number of amides is 1. The van der Waals surface area contributed by atoms with Crippen LogP contribution in [0.2, 0.25) is 128 Å². The Bertz CT molecular complexity index is 4970. The fraction of sp³-hybridized carbons (Fsp3) is 0.588. The molecule has 33 heteroatoms. The second-order valence-corrected chi connectivity index (χ2v) is 66.3. The fourth-order valence-corrected chi connectivity index (χ4v) is 17.8. The number of nitrogens with one attached hydrogen (secondary N) is 1. The number of carboxylic acids is 1. The molecule has 0 unspecified atom stereocenters. The van der Waals surface area contributed by atoms with E-state index in [1.54, 1.807) is 18.6 Å². The number of ether oxygens (including phenoxy) is 5. The number of nitriles is 1. The zero-order chi connectivity index (χ0) is 85.1. The van der Waals surface area contributed by atoms with E-state index in [-0.39, 0.29) is 17.7 Å². The number of carbonyl (C=O) groups is 2. The fourth-order valence-electron chi connectivity index (χ4n) is 13.7. The van der Waals surface area contributed by atoms with E-state index < -0.39 is 46.3 Å². The van der Waals surface area contributed by atoms with Crippen molar-refractivity contribution in [1.29, 1.82) is 5.26 Å². The number of fused-ring (bicyclic) bond motifs is 7. The number of imidazole rings is 1. The van der Waals surface area contributed by atoms with Gasteiger partial charge in [0.25, 0.3) is 0 Å². The third-order valence-electron chi connectivity index (χ3n) is 21.0. The first-order chi connectivity index (χ1) is 56.2. The van der Waals surface area contributed by atoms with Crippen molar-refractivity contribution in [1.82, 2.24) is 82.4 Å². The van der Waals surface area contributed by atoms with Crippen LogP contribution in [0.3, 0.4) is 0 Å². The average Bonchev–Trinajstić information content (AvgIpc) is 1.60. The number of aromatic nitrogens is 16. The van der Waals surface area contributed by atoms with E-state index in [2.05, 4.69) is 186 Å². The number of carboxylic acid groups (broad SMARTS) is 1. The van der Waals surface area contributed by atoms with E-state index in [0.29, 0.717) is 58.4 Å². The highest BCUT2D eigenvalue weighted by Crippen LogP contribution is 2.34. The molecule has 0 saturated heterocycles. The SMILES string of the molecule is C[Si](C)(C)CCOCn1ccc2c1ncc1cnc(C3CCCCC3)n12.C[Si](C)(C)CCOCn1ccc2nc(Br)cnc21.C[Si](C)(C)CCOCn1ccc2nc(C#N)cnc21.C[Si](C)(C)CCOCn1ccc2nc(CN)cnc21.C[Si](C)(C)CCOCn1ccc2nc(CNC(=O)C3CCCCC3)cnc21.O=C(O)C1CCCCC1. The minimum atomic E-state index is -1.07. The van der Waals surface area contributed by atoms with Gasteiger partial charge >= 0.3 is 5.97 Å². The van der Waals surface area contributed by atoms with Crippen LogP contribution in [-0.4, -0.2) is 167 Å². The molecule has 3 aliphatic rings. The molecule has 27 nitrogen and oxygen atoms in total. The lowest BCUT2D eigenvalue weighted by Crippen LogP contribution is -2.31. The summed E-state index contributed by atoms with van der Waals surface area (Å²) in [7, 11) is -5.19. The Morgan fingerprint density at radius 3 is 1.23 bits per heavy atom. The molecule has 11 aromatic heterocycles. The Kier molecular flexibility index (Phi) is 36.2. The third-order valence-corrected chi connectivity index (χ3v) is 29.9. The monoisotopic (exact) mass is 1770 g/mol. The van der Waals surface area contributed by atoms with Gasteiger partial charge in [-0.05, 0) is 115 Å². The summed E-state index contributed by atoms with van der Waals surface area (Å²) in [6.45, 7) is 42.8. The molecule has 0 aromatic carbocycles. The van der Waals surface area contributed by atoms with Gasteiger partial charge in [0.15, 0.2) is 33.9 Å². The minimum Gasteiger partial charge on any atom is -0.481 e. The second-order valence-electron chi connectivity index (χ2n) is 37.4. The van der Waals surface area contributed by atoms with Crippen LogP contribution in [0.1, 0.15) is 125 Å². The lowest BCUT2D eigenvalue weighted by Gasteiger charge is -2.20. The van der Waals surface area contributed by atoms with Crippen molar-refractivity contribution in [3.63, 3.8) is 0 Å². The summed E-state index contributed by atoms with van der Waals surface area (Å²) in [5.74, 6) is 1.49. The maximum absolute atomic E-state index is 12.3. The van der Waals surface area contributed by atoms with Gasteiger partial charge in [0, 0.05) is 123 Å². The molecule has 11 heterocycles. The van der Waals surface area contributed by atoms with Crippen LogP contribution < -0.4 is 11.1 Å². The Morgan fingerprint density at radius 1 is 0.458 bits per heavy atom. The molecule has 1 amide bonds. The molecule has 0 spiro atoms. The van der Waals surface area contributed by atoms with Crippen molar-refractivity contribution in [2.75, 3.05) is 33.0 Å². The Hall–Kier alpha value is -7.61. The molecule has 0 aliphatic heterocycles. The zero-order valence-corrected chi connectivity index (χ0v) is 79.5. The lowest BCUT2D eigenvalue weighted by atomic mass is 9.89. The molecule has 0 atom stereocenters. The molecule has 0 bridgehead atoms. The standard InChI is InChI=1S/C20H32N4O2Si.C20H30N4OSi.C13H22N4OSi.C13H18N4OSi.C12H18BrN3OSi.C7H12O2/c1-27(2,3)12-11-26-15-24-10-9-18-19(24)21-13-17(23-18)14-22-20(25)16-7-5-4-6-8-16;1-26(2,3)12-11-25-15-23-10-9-18-20(23)22-14-17-13-21-19(24(17)18)16-7-5-4-6-8-16;2*1-19(2,3)7-6-18-10-17-5-4-12-13(17)15-9-11(8-14)16-12;1-18(2,3)7-6-17-9-16-5-4-10-12(16)14-8-11(13)15-10;8-7(9)6-4-2-1-3-5-6/h9-10,13,16H,4-8,11-12,14-15H2,1-3H3,(H,22,25);9-10,13-14,16H,4-8,11-12,15H2,1-3H3;4-5,9H,6-8,10,14H2,1-3H3;4-5,9H,6-7,10H2,1-3H3;4-5,8H,6-7,9H2,1-3H3;6H,1-5H2,(H,8,9). The highest BCUT2D eigenvalue weighted by Gasteiger charge is 2.25. The number of hydrogen-bond acceptors (Lipinski definition) is 19. The van der Waals surface area contributed by atoms with Gasteiger partial charge in [-0.15, -0.1) is 0 Å². The van der Waals surface area contributed by atoms with E-state index in [4.69, 9.17) is 44.8 Å². The molecule has 3 fully saturated rings. The molecule has 14 rings (SSSR count). The number of carbonyl (C=O) groups excluding carboxylic acids is 1. The molecule has 4 N–H and O–H groups in total. The first-order valence-corrected chi connectivity index (χ1v) is 61.7. The molecule has 3 saturated carbocycles. The summed E-state index contributed by atoms with van der Waals surface area (Å²) in [4.78, 5) is 67.2. The van der Waals surface area contributed by atoms with Crippen molar-refractivity contribution in [3.05, 3.63) is 126 Å². The third kappa shape index (κ3) is 31.1. The molecule has 642 valence electrons. The molecular weight excluding hydrogens is 1640 g/mol. The quantitative estimate of drug-likeness (QED) is 0.0268. The van der Waals surface area contributed by atoms with Gasteiger partial charge in [-0.1, -0.05) is 156 Å². The molecule has 118 heavy (non-hydrogen) atoms. The van der Waals surface area contributed by atoms with Crippen molar-refractivity contribution >= 4 is 130 Å². The maximum atomic E-state index is 12.3. The van der Waals surface area contributed by atoms with Gasteiger partial charge in [-0.3, -0.25) is 14.0 Å². The van der Waals surface area contributed by atoms with E-state index in [9.17, 15) is 9.59 Å². The summed E-state index contributed by atoms with van der Waals surface area (Å²) in [5.41, 5.74) is 17.4. The van der Waals surface area contributed by atoms with Crippen LogP contribution in [0.5, 0.6) is 0 Å². The second kappa shape index (κ2) is 45.3. The van der Waals surface area contributed by atoms with E-state index in [0.717, 1.165) is 174 Å². The van der Waals surface area contributed by atoms with Gasteiger partial charge in [0.1, 0.15) is 72.2 Å². The topological polar surface area (TPSA) is 320 Å². The van der Waals surface area contributed by atoms with Crippen molar-refractivity contribution < 1.29 is 38.4 Å². The highest BCUT2D eigenvalue weighted by molar-refractivity contribution is 9.10. The van der Waals surface area contributed by atoms with E-state index in [1.165, 1.54) is 75.1 Å². The zero-order valence-electron chi connectivity index (χ0n) is 73.0.